The zero-order valence-electron chi connectivity index (χ0n) is 37.4. The second-order valence-corrected chi connectivity index (χ2v) is 16.1. The van der Waals surface area contributed by atoms with E-state index < -0.39 is 60.3 Å². The molecular weight excluding hydrogens is 833 g/mol. The lowest BCUT2D eigenvalue weighted by Gasteiger charge is -2.32. The molecule has 5 rings (SSSR count). The Balaban J connectivity index is 1.55. The molecule has 0 fully saturated rings. The van der Waals surface area contributed by atoms with E-state index in [4.69, 9.17) is 26.2 Å². The SMILES string of the molecule is Cc1nc(-c2ccc(CC(C)C)cc2)ncc1C(=O)N[C@@H](CCO)C(=O)N(C)[C@@H]1C(=O)N[C@@H](C)C(=O)N[C@H](C(=O)NCC#N)Cc2ccc(OCCN)c(c2)-c2cc1ccc2OCCN. The molecule has 18 heteroatoms. The summed E-state index contributed by atoms with van der Waals surface area (Å²) >= 11 is 0. The van der Waals surface area contributed by atoms with Crippen molar-refractivity contribution in [2.75, 3.05) is 46.5 Å². The van der Waals surface area contributed by atoms with Crippen LogP contribution in [0, 0.1) is 24.2 Å². The van der Waals surface area contributed by atoms with Crippen molar-refractivity contribution < 1.29 is 38.6 Å². The van der Waals surface area contributed by atoms with E-state index in [1.54, 1.807) is 43.3 Å². The molecule has 1 aromatic heterocycles. The van der Waals surface area contributed by atoms with E-state index in [0.717, 1.165) is 16.9 Å². The molecule has 344 valence electrons. The molecule has 4 bridgehead atoms. The van der Waals surface area contributed by atoms with Crippen molar-refractivity contribution in [1.29, 1.82) is 5.26 Å². The summed E-state index contributed by atoms with van der Waals surface area (Å²) in [6, 6.07) is 14.6. The second kappa shape index (κ2) is 23.1. The van der Waals surface area contributed by atoms with Crippen LogP contribution >= 0.6 is 0 Å². The third-order valence-electron chi connectivity index (χ3n) is 10.7. The smallest absolute Gasteiger partial charge is 0.255 e. The van der Waals surface area contributed by atoms with Crippen LogP contribution in [-0.2, 0) is 32.0 Å². The maximum atomic E-state index is 14.6. The Hall–Kier alpha value is -6.94. The maximum Gasteiger partial charge on any atom is 0.255 e. The normalized spacial score (nSPS) is 16.5. The fraction of sp³-hybridized carbons (Fsp3) is 0.404. The first-order chi connectivity index (χ1) is 31.2. The number of nitriles is 1. The van der Waals surface area contributed by atoms with Gasteiger partial charge < -0.3 is 52.2 Å². The van der Waals surface area contributed by atoms with Crippen molar-refractivity contribution in [1.82, 2.24) is 36.1 Å². The van der Waals surface area contributed by atoms with Gasteiger partial charge in [0, 0.05) is 56.1 Å². The Labute approximate surface area is 378 Å². The molecule has 65 heavy (non-hydrogen) atoms. The first kappa shape index (κ1) is 49.1. The van der Waals surface area contributed by atoms with Crippen molar-refractivity contribution in [3.05, 3.63) is 94.8 Å². The third-order valence-corrected chi connectivity index (χ3v) is 10.7. The van der Waals surface area contributed by atoms with Gasteiger partial charge in [-0.25, -0.2) is 9.97 Å². The number of nitrogens with one attached hydrogen (secondary N) is 4. The first-order valence-electron chi connectivity index (χ1n) is 21.5. The standard InChI is InChI=1S/C47H58N10O8/c1-27(2)22-30-6-9-32(10-7-30)42-52-26-36(28(3)53-42)44(60)55-37(14-19-58)47(63)57(5)41-33-11-13-40(65-21-17-50)35(25-33)34-23-31(8-12-39(34)64-20-16-49)24-38(45(61)51-18-15-48)56-43(59)29(4)54-46(41)62/h6-13,23,25-27,29,37-38,41,58H,14,16-22,24,49-50H2,1-5H3,(H,51,61)(H,54,62)(H,55,60)(H,56,59)/t29-,37-,38-,41-/m0/s1. The minimum Gasteiger partial charge on any atom is -0.492 e. The van der Waals surface area contributed by atoms with Gasteiger partial charge in [0.15, 0.2) is 5.82 Å². The summed E-state index contributed by atoms with van der Waals surface area (Å²) < 4.78 is 12.1. The molecule has 0 unspecified atom stereocenters. The van der Waals surface area contributed by atoms with Crippen LogP contribution in [0.3, 0.4) is 0 Å². The van der Waals surface area contributed by atoms with Gasteiger partial charge in [0.25, 0.3) is 5.91 Å². The molecular formula is C47H58N10O8. The van der Waals surface area contributed by atoms with Gasteiger partial charge >= 0.3 is 0 Å². The molecule has 9 N–H and O–H groups in total. The van der Waals surface area contributed by atoms with Gasteiger partial charge in [-0.2, -0.15) is 5.26 Å². The second-order valence-electron chi connectivity index (χ2n) is 16.1. The van der Waals surface area contributed by atoms with Crippen molar-refractivity contribution >= 4 is 29.5 Å². The van der Waals surface area contributed by atoms with E-state index in [0.29, 0.717) is 45.6 Å². The van der Waals surface area contributed by atoms with Crippen LogP contribution in [0.2, 0.25) is 0 Å². The van der Waals surface area contributed by atoms with E-state index in [-0.39, 0.29) is 56.8 Å². The van der Waals surface area contributed by atoms with Crippen molar-refractivity contribution in [3.63, 3.8) is 0 Å². The predicted octanol–water partition coefficient (Wildman–Crippen LogP) is 1.86. The van der Waals surface area contributed by atoms with Gasteiger partial charge in [0.05, 0.1) is 17.3 Å². The molecule has 0 aliphatic carbocycles. The number of aliphatic hydroxyl groups excluding tert-OH is 1. The van der Waals surface area contributed by atoms with Gasteiger partial charge in [-0.15, -0.1) is 0 Å². The highest BCUT2D eigenvalue weighted by Crippen LogP contribution is 2.40. The number of amides is 5. The topological polar surface area (TPSA) is 277 Å². The van der Waals surface area contributed by atoms with Crippen molar-refractivity contribution in [2.45, 2.75) is 71.1 Å². The molecule has 4 atom stereocenters. The molecule has 5 amide bonds. The molecule has 3 aromatic carbocycles. The lowest BCUT2D eigenvalue weighted by atomic mass is 9.93. The van der Waals surface area contributed by atoms with Gasteiger partial charge in [-0.05, 0) is 73.6 Å². The van der Waals surface area contributed by atoms with Crippen LogP contribution in [0.25, 0.3) is 22.5 Å². The molecule has 18 nitrogen and oxygen atoms in total. The molecule has 0 saturated heterocycles. The fourth-order valence-corrected chi connectivity index (χ4v) is 7.42. The number of fused-ring (bicyclic) bond motifs is 5. The van der Waals surface area contributed by atoms with E-state index >= 15 is 0 Å². The third kappa shape index (κ3) is 12.6. The Morgan fingerprint density at radius 3 is 2.25 bits per heavy atom. The number of carbonyl (C=O) groups excluding carboxylic acids is 5. The number of nitrogens with two attached hydrogens (primary N) is 2. The fourth-order valence-electron chi connectivity index (χ4n) is 7.42. The quantitative estimate of drug-likeness (QED) is 0.0747. The van der Waals surface area contributed by atoms with E-state index in [2.05, 4.69) is 45.1 Å². The van der Waals surface area contributed by atoms with Crippen LogP contribution in [0.15, 0.2) is 66.9 Å². The Morgan fingerprint density at radius 1 is 0.969 bits per heavy atom. The number of hydrogen-bond acceptors (Lipinski definition) is 13. The zero-order chi connectivity index (χ0) is 47.2. The highest BCUT2D eigenvalue weighted by atomic mass is 16.5. The number of likely N-dealkylation sites (N-methyl/N-ethyl adjacent to an activating group) is 1. The van der Waals surface area contributed by atoms with Crippen LogP contribution in [0.5, 0.6) is 11.5 Å². The number of aromatic nitrogens is 2. The molecule has 0 spiro atoms. The molecule has 0 radical (unpaired) electrons. The molecule has 1 aliphatic heterocycles. The first-order valence-corrected chi connectivity index (χ1v) is 21.5. The summed E-state index contributed by atoms with van der Waals surface area (Å²) in [6.45, 7) is 7.19. The zero-order valence-corrected chi connectivity index (χ0v) is 37.4. The number of aryl methyl sites for hydroxylation is 1. The average Bonchev–Trinajstić information content (AvgIpc) is 3.28. The summed E-state index contributed by atoms with van der Waals surface area (Å²) in [6.07, 6.45) is 2.08. The van der Waals surface area contributed by atoms with Gasteiger partial charge in [0.1, 0.15) is 55.4 Å². The number of carbonyl (C=O) groups is 5. The number of nitrogens with zero attached hydrogens (tertiary/aromatic N) is 4. The van der Waals surface area contributed by atoms with Gasteiger partial charge in [-0.1, -0.05) is 50.2 Å². The number of aliphatic hydroxyl groups is 1. The highest BCUT2D eigenvalue weighted by Gasteiger charge is 2.36. The lowest BCUT2D eigenvalue weighted by Crippen LogP contribution is -2.56. The molecule has 2 heterocycles. The average molecular weight is 891 g/mol. The minimum absolute atomic E-state index is 0.00744. The van der Waals surface area contributed by atoms with Crippen molar-refractivity contribution in [2.24, 2.45) is 17.4 Å². The number of rotatable bonds is 17. The van der Waals surface area contributed by atoms with Crippen molar-refractivity contribution in [3.8, 4) is 40.1 Å². The number of benzene rings is 3. The summed E-state index contributed by atoms with van der Waals surface area (Å²) in [4.78, 5) is 80.1. The van der Waals surface area contributed by atoms with E-state index in [1.165, 1.54) is 25.7 Å². The maximum absolute atomic E-state index is 14.6. The van der Waals surface area contributed by atoms with Crippen LogP contribution in [0.1, 0.15) is 66.0 Å². The number of ether oxygens (including phenoxy) is 2. The molecule has 4 aromatic rings. The van der Waals surface area contributed by atoms with Crippen LogP contribution < -0.4 is 42.2 Å². The Bertz CT molecular complexity index is 2390. The minimum atomic E-state index is -1.44. The summed E-state index contributed by atoms with van der Waals surface area (Å²) in [5.74, 6) is -1.89. The number of hydrogen-bond donors (Lipinski definition) is 7. The monoisotopic (exact) mass is 890 g/mol. The summed E-state index contributed by atoms with van der Waals surface area (Å²) in [5, 5.41) is 29.9. The molecule has 0 saturated carbocycles. The van der Waals surface area contributed by atoms with E-state index in [1.807, 2.05) is 30.3 Å². The summed E-state index contributed by atoms with van der Waals surface area (Å²) in [7, 11) is 1.37. The van der Waals surface area contributed by atoms with Crippen LogP contribution in [-0.4, -0.2) is 114 Å². The predicted molar refractivity (Wildman–Crippen MR) is 242 cm³/mol. The van der Waals surface area contributed by atoms with Crippen LogP contribution in [0.4, 0.5) is 0 Å². The largest absolute Gasteiger partial charge is 0.492 e. The van der Waals surface area contributed by atoms with Gasteiger partial charge in [-0.3, -0.25) is 24.0 Å². The molecule has 1 aliphatic rings. The highest BCUT2D eigenvalue weighted by molar-refractivity contribution is 6.00. The lowest BCUT2D eigenvalue weighted by molar-refractivity contribution is -0.142. The summed E-state index contributed by atoms with van der Waals surface area (Å²) in [5.41, 5.74) is 15.8. The van der Waals surface area contributed by atoms with Gasteiger partial charge in [0.2, 0.25) is 23.6 Å². The Morgan fingerprint density at radius 2 is 1.63 bits per heavy atom. The Kier molecular flexibility index (Phi) is 17.5. The van der Waals surface area contributed by atoms with E-state index in [9.17, 15) is 29.1 Å².